The van der Waals surface area contributed by atoms with Gasteiger partial charge in [-0.2, -0.15) is 0 Å². The molecule has 190 valence electrons. The number of carbonyl (C=O) groups excluding carboxylic acids is 2. The van der Waals surface area contributed by atoms with E-state index in [2.05, 4.69) is 6.58 Å². The Balaban J connectivity index is 1.60. The van der Waals surface area contributed by atoms with Crippen molar-refractivity contribution in [1.82, 2.24) is 4.90 Å². The maximum atomic E-state index is 13.1. The third-order valence-corrected chi connectivity index (χ3v) is 6.95. The molecule has 1 fully saturated rings. The van der Waals surface area contributed by atoms with E-state index in [4.69, 9.17) is 32.7 Å². The van der Waals surface area contributed by atoms with Gasteiger partial charge in [0.2, 0.25) is 0 Å². The summed E-state index contributed by atoms with van der Waals surface area (Å²) in [7, 11) is 0. The molecule has 0 N–H and O–H groups in total. The molecule has 1 heterocycles. The minimum Gasteiger partial charge on any atom is -0.490 e. The van der Waals surface area contributed by atoms with Crippen LogP contribution < -0.4 is 9.47 Å². The van der Waals surface area contributed by atoms with Crippen molar-refractivity contribution in [2.45, 2.75) is 26.5 Å². The lowest BCUT2D eigenvalue weighted by molar-refractivity contribution is -0.123. The van der Waals surface area contributed by atoms with Crippen LogP contribution in [-0.2, 0) is 24.4 Å². The number of ether oxygens (including phenoxy) is 2. The van der Waals surface area contributed by atoms with Gasteiger partial charge < -0.3 is 9.47 Å². The highest BCUT2D eigenvalue weighted by Crippen LogP contribution is 2.38. The molecule has 0 unspecified atom stereocenters. The molecule has 0 saturated carbocycles. The lowest BCUT2D eigenvalue weighted by Crippen LogP contribution is -2.27. The van der Waals surface area contributed by atoms with Crippen LogP contribution >= 0.6 is 35.0 Å². The molecular weight excluding hydrogens is 529 g/mol. The standard InChI is InChI=1S/C29H25Cl2NO4S/c1-3-5-22-14-21(15-25(35-4-2)27(22)36-18-20-8-12-24(31)13-9-20)16-26-28(33)32(29(34)37-26)17-19-6-10-23(30)11-7-19/h3,6-16H,1,4-5,17-18H2,2H3/b26-16-. The van der Waals surface area contributed by atoms with Gasteiger partial charge >= 0.3 is 0 Å². The summed E-state index contributed by atoms with van der Waals surface area (Å²) in [5.41, 5.74) is 3.38. The smallest absolute Gasteiger partial charge is 0.293 e. The fourth-order valence-corrected chi connectivity index (χ4v) is 4.89. The van der Waals surface area contributed by atoms with Gasteiger partial charge in [0, 0.05) is 15.6 Å². The van der Waals surface area contributed by atoms with Crippen molar-refractivity contribution in [2.24, 2.45) is 0 Å². The zero-order valence-electron chi connectivity index (χ0n) is 20.2. The van der Waals surface area contributed by atoms with E-state index < -0.39 is 0 Å². The number of carbonyl (C=O) groups is 2. The van der Waals surface area contributed by atoms with Gasteiger partial charge in [-0.3, -0.25) is 14.5 Å². The second-order valence-electron chi connectivity index (χ2n) is 8.24. The highest BCUT2D eigenvalue weighted by Gasteiger charge is 2.35. The van der Waals surface area contributed by atoms with Crippen LogP contribution in [0.15, 0.2) is 78.2 Å². The Hall–Kier alpha value is -3.19. The van der Waals surface area contributed by atoms with Gasteiger partial charge in [-0.1, -0.05) is 53.5 Å². The van der Waals surface area contributed by atoms with Crippen molar-refractivity contribution < 1.29 is 19.1 Å². The van der Waals surface area contributed by atoms with Crippen LogP contribution in [0.3, 0.4) is 0 Å². The SMILES string of the molecule is C=CCc1cc(/C=C2\SC(=O)N(Cc3ccc(Cl)cc3)C2=O)cc(OCC)c1OCc1ccc(Cl)cc1. The maximum absolute atomic E-state index is 13.1. The van der Waals surface area contributed by atoms with Gasteiger partial charge in [-0.15, -0.1) is 6.58 Å². The molecule has 0 spiro atoms. The van der Waals surface area contributed by atoms with Crippen molar-refractivity contribution in [3.63, 3.8) is 0 Å². The normalized spacial score (nSPS) is 14.4. The first-order valence-electron chi connectivity index (χ1n) is 11.7. The average molecular weight is 554 g/mol. The Morgan fingerprint density at radius 1 is 0.946 bits per heavy atom. The van der Waals surface area contributed by atoms with E-state index >= 15 is 0 Å². The molecule has 37 heavy (non-hydrogen) atoms. The minimum atomic E-state index is -0.337. The summed E-state index contributed by atoms with van der Waals surface area (Å²) in [5, 5.41) is 0.942. The van der Waals surface area contributed by atoms with Crippen LogP contribution in [0, 0.1) is 0 Å². The van der Waals surface area contributed by atoms with E-state index in [1.54, 1.807) is 36.4 Å². The van der Waals surface area contributed by atoms with E-state index in [1.807, 2.05) is 43.3 Å². The third-order valence-electron chi connectivity index (χ3n) is 5.54. The quantitative estimate of drug-likeness (QED) is 0.188. The van der Waals surface area contributed by atoms with E-state index in [1.165, 1.54) is 4.90 Å². The molecule has 5 nitrogen and oxygen atoms in total. The van der Waals surface area contributed by atoms with Crippen LogP contribution in [0.2, 0.25) is 10.0 Å². The lowest BCUT2D eigenvalue weighted by Gasteiger charge is -2.17. The summed E-state index contributed by atoms with van der Waals surface area (Å²) in [5.74, 6) is 0.836. The van der Waals surface area contributed by atoms with Crippen molar-refractivity contribution in [1.29, 1.82) is 0 Å². The Labute approximate surface area is 230 Å². The average Bonchev–Trinajstić information content (AvgIpc) is 3.13. The van der Waals surface area contributed by atoms with Crippen LogP contribution in [0.4, 0.5) is 4.79 Å². The maximum Gasteiger partial charge on any atom is 0.293 e. The molecule has 0 aliphatic carbocycles. The number of thioether (sulfide) groups is 1. The highest BCUT2D eigenvalue weighted by molar-refractivity contribution is 8.18. The minimum absolute atomic E-state index is 0.183. The molecule has 1 saturated heterocycles. The van der Waals surface area contributed by atoms with E-state index in [-0.39, 0.29) is 17.7 Å². The zero-order chi connectivity index (χ0) is 26.4. The molecule has 8 heteroatoms. The molecule has 4 rings (SSSR count). The number of hydrogen-bond donors (Lipinski definition) is 0. The van der Waals surface area contributed by atoms with Gasteiger partial charge in [0.25, 0.3) is 11.1 Å². The summed E-state index contributed by atoms with van der Waals surface area (Å²) in [6.07, 6.45) is 4.03. The number of nitrogens with zero attached hydrogens (tertiary/aromatic N) is 1. The summed E-state index contributed by atoms with van der Waals surface area (Å²) in [6.45, 7) is 6.72. The summed E-state index contributed by atoms with van der Waals surface area (Å²) in [4.78, 5) is 27.3. The highest BCUT2D eigenvalue weighted by atomic mass is 35.5. The van der Waals surface area contributed by atoms with Crippen molar-refractivity contribution >= 4 is 52.2 Å². The zero-order valence-corrected chi connectivity index (χ0v) is 22.5. The van der Waals surface area contributed by atoms with E-state index in [0.717, 1.165) is 34.0 Å². The topological polar surface area (TPSA) is 55.8 Å². The van der Waals surface area contributed by atoms with Gasteiger partial charge in [0.15, 0.2) is 11.5 Å². The molecule has 1 aliphatic rings. The van der Waals surface area contributed by atoms with Crippen molar-refractivity contribution in [3.05, 3.63) is 111 Å². The number of hydrogen-bond acceptors (Lipinski definition) is 5. The number of allylic oxidation sites excluding steroid dienone is 1. The van der Waals surface area contributed by atoms with Gasteiger partial charge in [0.05, 0.1) is 18.1 Å². The molecule has 0 bridgehead atoms. The van der Waals surface area contributed by atoms with Crippen LogP contribution in [-0.4, -0.2) is 22.7 Å². The van der Waals surface area contributed by atoms with Crippen LogP contribution in [0.1, 0.15) is 29.2 Å². The molecule has 2 amide bonds. The summed E-state index contributed by atoms with van der Waals surface area (Å²) in [6, 6.07) is 18.3. The molecule has 3 aromatic rings. The molecule has 0 radical (unpaired) electrons. The number of halogens is 2. The first-order chi connectivity index (χ1) is 17.9. The number of imide groups is 1. The number of amides is 2. The fourth-order valence-electron chi connectivity index (χ4n) is 3.80. The van der Waals surface area contributed by atoms with Crippen LogP contribution in [0.5, 0.6) is 11.5 Å². The second-order valence-corrected chi connectivity index (χ2v) is 10.1. The Morgan fingerprint density at radius 3 is 2.22 bits per heavy atom. The molecule has 0 aromatic heterocycles. The van der Waals surface area contributed by atoms with Crippen molar-refractivity contribution in [3.8, 4) is 11.5 Å². The molecule has 3 aromatic carbocycles. The van der Waals surface area contributed by atoms with E-state index in [9.17, 15) is 9.59 Å². The lowest BCUT2D eigenvalue weighted by atomic mass is 10.0. The first-order valence-corrected chi connectivity index (χ1v) is 13.2. The van der Waals surface area contributed by atoms with Gasteiger partial charge in [-0.05, 0) is 84.3 Å². The van der Waals surface area contributed by atoms with Gasteiger partial charge in [0.1, 0.15) is 6.61 Å². The van der Waals surface area contributed by atoms with Crippen molar-refractivity contribution in [2.75, 3.05) is 6.61 Å². The summed E-state index contributed by atoms with van der Waals surface area (Å²) >= 11 is 12.9. The largest absolute Gasteiger partial charge is 0.490 e. The van der Waals surface area contributed by atoms with E-state index in [0.29, 0.717) is 46.1 Å². The number of rotatable bonds is 10. The molecular formula is C29H25Cl2NO4S. The Morgan fingerprint density at radius 2 is 1.59 bits per heavy atom. The summed E-state index contributed by atoms with van der Waals surface area (Å²) < 4.78 is 12.1. The monoisotopic (exact) mass is 553 g/mol. The molecule has 1 aliphatic heterocycles. The Bertz CT molecular complexity index is 1340. The first kappa shape index (κ1) is 26.9. The Kier molecular flexibility index (Phi) is 8.98. The fraction of sp³-hybridized carbons (Fsp3) is 0.172. The van der Waals surface area contributed by atoms with Crippen LogP contribution in [0.25, 0.3) is 6.08 Å². The van der Waals surface area contributed by atoms with Gasteiger partial charge in [-0.25, -0.2) is 0 Å². The third kappa shape index (κ3) is 6.77. The predicted octanol–water partition coefficient (Wildman–Crippen LogP) is 7.94. The molecule has 0 atom stereocenters. The second kappa shape index (κ2) is 12.4. The number of benzene rings is 3. The predicted molar refractivity (Wildman–Crippen MR) is 150 cm³/mol.